The van der Waals surface area contributed by atoms with Crippen LogP contribution in [0.2, 0.25) is 10.0 Å². The van der Waals surface area contributed by atoms with Crippen molar-refractivity contribution in [3.63, 3.8) is 0 Å². The number of nitrogens with zero attached hydrogens (tertiary/aromatic N) is 4. The van der Waals surface area contributed by atoms with Gasteiger partial charge in [0, 0.05) is 38.3 Å². The zero-order valence-corrected chi connectivity index (χ0v) is 20.2. The lowest BCUT2D eigenvalue weighted by molar-refractivity contribution is -0.192. The number of carboxylic acids is 1. The molecule has 0 saturated carbocycles. The molecule has 0 aliphatic carbocycles. The maximum atomic E-state index is 12.8. The molecule has 2 aromatic rings. The summed E-state index contributed by atoms with van der Waals surface area (Å²) in [5.41, 5.74) is 0.272. The number of carbonyl (C=O) groups is 2. The number of halogens is 5. The van der Waals surface area contributed by atoms with Crippen molar-refractivity contribution in [1.82, 2.24) is 14.8 Å². The van der Waals surface area contributed by atoms with Gasteiger partial charge in [0.2, 0.25) is 0 Å². The fraction of sp³-hybridized carbons (Fsp3) is 0.364. The van der Waals surface area contributed by atoms with Gasteiger partial charge >= 0.3 is 12.1 Å². The number of ether oxygens (including phenoxy) is 1. The number of aliphatic carboxylic acids is 1. The van der Waals surface area contributed by atoms with Crippen LogP contribution in [0.1, 0.15) is 30.0 Å². The number of rotatable bonds is 4. The Kier molecular flexibility index (Phi) is 9.71. The number of hydrogen-bond acceptors (Lipinski definition) is 6. The third-order valence-corrected chi connectivity index (χ3v) is 5.62. The largest absolute Gasteiger partial charge is 0.490 e. The molecule has 1 N–H and O–H groups in total. The molecule has 13 heteroatoms. The Balaban J connectivity index is 0.000000540. The highest BCUT2D eigenvalue weighted by Gasteiger charge is 2.38. The molecule has 35 heavy (non-hydrogen) atoms. The summed E-state index contributed by atoms with van der Waals surface area (Å²) >= 11 is 11.9. The molecule has 0 spiro atoms. The number of nitriles is 1. The molecule has 0 radical (unpaired) electrons. The molecule has 1 saturated heterocycles. The van der Waals surface area contributed by atoms with E-state index in [0.717, 1.165) is 13.1 Å². The van der Waals surface area contributed by atoms with Crippen LogP contribution in [0.25, 0.3) is 0 Å². The van der Waals surface area contributed by atoms with Gasteiger partial charge in [-0.15, -0.1) is 0 Å². The summed E-state index contributed by atoms with van der Waals surface area (Å²) in [5.74, 6) is -2.26. The van der Waals surface area contributed by atoms with Crippen LogP contribution in [0.3, 0.4) is 0 Å². The van der Waals surface area contributed by atoms with Gasteiger partial charge in [0.15, 0.2) is 11.4 Å². The minimum atomic E-state index is -5.08. The van der Waals surface area contributed by atoms with Crippen LogP contribution >= 0.6 is 23.2 Å². The van der Waals surface area contributed by atoms with Crippen LogP contribution in [-0.4, -0.2) is 70.2 Å². The van der Waals surface area contributed by atoms with E-state index >= 15 is 0 Å². The Hall–Kier alpha value is -3.07. The first-order valence-electron chi connectivity index (χ1n) is 10.2. The molecule has 1 aliphatic heterocycles. The van der Waals surface area contributed by atoms with Crippen molar-refractivity contribution in [1.29, 1.82) is 5.26 Å². The molecule has 1 aliphatic rings. The van der Waals surface area contributed by atoms with Crippen LogP contribution in [-0.2, 0) is 4.79 Å². The predicted octanol–water partition coefficient (Wildman–Crippen LogP) is 4.85. The second-order valence-electron chi connectivity index (χ2n) is 7.56. The molecular weight excluding hydrogens is 512 g/mol. The lowest BCUT2D eigenvalue weighted by atomic mass is 10.2. The molecule has 2 heterocycles. The van der Waals surface area contributed by atoms with E-state index in [2.05, 4.69) is 23.7 Å². The lowest BCUT2D eigenvalue weighted by Crippen LogP contribution is -2.50. The monoisotopic (exact) mass is 532 g/mol. The van der Waals surface area contributed by atoms with Crippen molar-refractivity contribution in [2.24, 2.45) is 0 Å². The summed E-state index contributed by atoms with van der Waals surface area (Å²) in [6.07, 6.45) is -5.08. The molecule has 1 fully saturated rings. The van der Waals surface area contributed by atoms with Gasteiger partial charge < -0.3 is 14.7 Å². The topological polar surface area (TPSA) is 107 Å². The van der Waals surface area contributed by atoms with E-state index in [1.807, 2.05) is 6.07 Å². The van der Waals surface area contributed by atoms with Crippen LogP contribution in [0.4, 0.5) is 13.2 Å². The number of carboxylic acid groups (broad SMARTS) is 1. The standard InChI is InChI=1S/C20H20Cl2N4O2.C2HF3O2/c1-13(2)25-7-9-26(10-8-25)20(27)17-5-6-19(18(12-23)24-17)28-14-3-4-15(21)16(22)11-14;3-2(4,5)1(6)7/h3-6,11,13H,7-10H2,1-2H3;(H,6,7). The molecule has 0 bridgehead atoms. The van der Waals surface area contributed by atoms with E-state index in [9.17, 15) is 23.2 Å². The van der Waals surface area contributed by atoms with Gasteiger partial charge in [-0.25, -0.2) is 9.78 Å². The van der Waals surface area contributed by atoms with Crippen molar-refractivity contribution >= 4 is 35.1 Å². The van der Waals surface area contributed by atoms with E-state index < -0.39 is 12.1 Å². The van der Waals surface area contributed by atoms with E-state index in [1.54, 1.807) is 35.2 Å². The number of alkyl halides is 3. The van der Waals surface area contributed by atoms with Crippen molar-refractivity contribution in [3.05, 3.63) is 51.8 Å². The second-order valence-corrected chi connectivity index (χ2v) is 8.37. The Morgan fingerprint density at radius 3 is 2.20 bits per heavy atom. The molecule has 0 unspecified atom stereocenters. The predicted molar refractivity (Wildman–Crippen MR) is 122 cm³/mol. The summed E-state index contributed by atoms with van der Waals surface area (Å²) in [4.78, 5) is 30.0. The van der Waals surface area contributed by atoms with Gasteiger partial charge in [0.05, 0.1) is 10.0 Å². The fourth-order valence-electron chi connectivity index (χ4n) is 3.00. The number of amides is 1. The molecule has 0 atom stereocenters. The average Bonchev–Trinajstić information content (AvgIpc) is 2.81. The van der Waals surface area contributed by atoms with Crippen LogP contribution < -0.4 is 4.74 Å². The second kappa shape index (κ2) is 12.1. The Morgan fingerprint density at radius 2 is 1.71 bits per heavy atom. The van der Waals surface area contributed by atoms with Crippen molar-refractivity contribution in [3.8, 4) is 17.6 Å². The smallest absolute Gasteiger partial charge is 0.475 e. The van der Waals surface area contributed by atoms with Gasteiger partial charge in [-0.1, -0.05) is 23.2 Å². The maximum Gasteiger partial charge on any atom is 0.490 e. The van der Waals surface area contributed by atoms with Crippen LogP contribution in [0, 0.1) is 11.3 Å². The minimum Gasteiger partial charge on any atom is -0.475 e. The van der Waals surface area contributed by atoms with Gasteiger partial charge in [-0.2, -0.15) is 18.4 Å². The first-order valence-corrected chi connectivity index (χ1v) is 11.0. The Labute approximate surface area is 209 Å². The highest BCUT2D eigenvalue weighted by molar-refractivity contribution is 6.42. The van der Waals surface area contributed by atoms with Crippen LogP contribution in [0.5, 0.6) is 11.5 Å². The Bertz CT molecular complexity index is 1110. The maximum absolute atomic E-state index is 12.8. The first-order chi connectivity index (χ1) is 16.3. The zero-order chi connectivity index (χ0) is 26.3. The fourth-order valence-corrected chi connectivity index (χ4v) is 3.29. The number of benzene rings is 1. The third-order valence-electron chi connectivity index (χ3n) is 4.88. The summed E-state index contributed by atoms with van der Waals surface area (Å²) in [7, 11) is 0. The third kappa shape index (κ3) is 7.99. The van der Waals surface area contributed by atoms with Gasteiger partial charge in [-0.3, -0.25) is 9.69 Å². The van der Waals surface area contributed by atoms with Crippen LogP contribution in [0.15, 0.2) is 30.3 Å². The average molecular weight is 533 g/mol. The number of aromatic nitrogens is 1. The van der Waals surface area contributed by atoms with Gasteiger partial charge in [0.1, 0.15) is 17.5 Å². The molecule has 1 amide bonds. The molecular formula is C22H21Cl2F3N4O4. The van der Waals surface area contributed by atoms with Gasteiger partial charge in [0.25, 0.3) is 5.91 Å². The summed E-state index contributed by atoms with van der Waals surface area (Å²) in [5, 5.41) is 17.3. The van der Waals surface area contributed by atoms with E-state index in [1.165, 1.54) is 0 Å². The molecule has 1 aromatic carbocycles. The number of hydrogen-bond donors (Lipinski definition) is 1. The highest BCUT2D eigenvalue weighted by atomic mass is 35.5. The molecule has 188 valence electrons. The minimum absolute atomic E-state index is 0.0396. The SMILES string of the molecule is CC(C)N1CCN(C(=O)c2ccc(Oc3ccc(Cl)c(Cl)c3)c(C#N)n2)CC1.O=C(O)C(F)(F)F. The summed E-state index contributed by atoms with van der Waals surface area (Å²) in [6, 6.07) is 10.4. The van der Waals surface area contributed by atoms with Crippen molar-refractivity contribution in [2.45, 2.75) is 26.1 Å². The van der Waals surface area contributed by atoms with Crippen molar-refractivity contribution in [2.75, 3.05) is 26.2 Å². The number of carbonyl (C=O) groups excluding carboxylic acids is 1. The zero-order valence-electron chi connectivity index (χ0n) is 18.6. The summed E-state index contributed by atoms with van der Waals surface area (Å²) in [6.45, 7) is 7.22. The Morgan fingerprint density at radius 1 is 1.11 bits per heavy atom. The van der Waals surface area contributed by atoms with E-state index in [4.69, 9.17) is 37.8 Å². The van der Waals surface area contributed by atoms with Gasteiger partial charge in [-0.05, 0) is 38.1 Å². The quantitative estimate of drug-likeness (QED) is 0.599. The van der Waals surface area contributed by atoms with E-state index in [0.29, 0.717) is 34.9 Å². The number of pyridine rings is 1. The molecule has 3 rings (SSSR count). The first kappa shape index (κ1) is 28.2. The lowest BCUT2D eigenvalue weighted by Gasteiger charge is -2.36. The van der Waals surface area contributed by atoms with E-state index in [-0.39, 0.29) is 23.0 Å². The normalized spacial score (nSPS) is 14.1. The molecule has 1 aromatic heterocycles. The molecule has 8 nitrogen and oxygen atoms in total. The number of piperazine rings is 1. The highest BCUT2D eigenvalue weighted by Crippen LogP contribution is 2.30. The van der Waals surface area contributed by atoms with Crippen molar-refractivity contribution < 1.29 is 32.6 Å². The summed E-state index contributed by atoms with van der Waals surface area (Å²) < 4.78 is 37.4.